The second kappa shape index (κ2) is 5.36. The molecule has 0 radical (unpaired) electrons. The van der Waals surface area contributed by atoms with Gasteiger partial charge in [0.2, 0.25) is 6.23 Å². The molecule has 0 aliphatic rings. The van der Waals surface area contributed by atoms with Crippen LogP contribution in [0.25, 0.3) is 0 Å². The lowest BCUT2D eigenvalue weighted by Crippen LogP contribution is -2.42. The summed E-state index contributed by atoms with van der Waals surface area (Å²) in [5, 5.41) is 2.11. The predicted molar refractivity (Wildman–Crippen MR) is 38.4 cm³/mol. The summed E-state index contributed by atoms with van der Waals surface area (Å²) in [5.41, 5.74) is 0. The summed E-state index contributed by atoms with van der Waals surface area (Å²) in [7, 11) is 3.63. The maximum atomic E-state index is 10.8. The Morgan fingerprint density at radius 2 is 1.75 bits per heavy atom. The third-order valence-corrected chi connectivity index (χ3v) is 1.09. The molecule has 1 amide bonds. The van der Waals surface area contributed by atoms with Crippen LogP contribution in [0.3, 0.4) is 0 Å². The quantitative estimate of drug-likeness (QED) is 0.464. The first-order valence-electron chi connectivity index (χ1n) is 3.10. The second-order valence-corrected chi connectivity index (χ2v) is 1.77. The molecule has 0 heterocycles. The standard InChI is InChI=1S/C6H11NO5/c1-10-4(5(8)11-2)7-6(9)12-3/h4H,1-3H3,(H,7,9). The molecule has 6 heteroatoms. The molecule has 0 saturated heterocycles. The van der Waals surface area contributed by atoms with E-state index < -0.39 is 18.3 Å². The summed E-state index contributed by atoms with van der Waals surface area (Å²) < 4.78 is 13.1. The fourth-order valence-corrected chi connectivity index (χ4v) is 0.487. The van der Waals surface area contributed by atoms with Crippen LogP contribution in [-0.2, 0) is 19.0 Å². The molecule has 0 saturated carbocycles. The van der Waals surface area contributed by atoms with Crippen molar-refractivity contribution in [2.24, 2.45) is 0 Å². The molecule has 70 valence electrons. The highest BCUT2D eigenvalue weighted by Crippen LogP contribution is 1.89. The highest BCUT2D eigenvalue weighted by Gasteiger charge is 2.20. The minimum atomic E-state index is -1.12. The Balaban J connectivity index is 3.99. The van der Waals surface area contributed by atoms with Crippen molar-refractivity contribution in [3.63, 3.8) is 0 Å². The maximum absolute atomic E-state index is 10.8. The van der Waals surface area contributed by atoms with Crippen LogP contribution in [0, 0.1) is 0 Å². The van der Waals surface area contributed by atoms with Gasteiger partial charge in [0.25, 0.3) is 0 Å². The smallest absolute Gasteiger partial charge is 0.409 e. The first kappa shape index (κ1) is 10.7. The van der Waals surface area contributed by atoms with E-state index in [2.05, 4.69) is 19.5 Å². The number of hydrogen-bond donors (Lipinski definition) is 1. The van der Waals surface area contributed by atoms with Crippen molar-refractivity contribution in [3.8, 4) is 0 Å². The minimum absolute atomic E-state index is 0.692. The molecule has 1 unspecified atom stereocenters. The Bertz CT molecular complexity index is 169. The van der Waals surface area contributed by atoms with Gasteiger partial charge < -0.3 is 14.2 Å². The van der Waals surface area contributed by atoms with Gasteiger partial charge in [0.1, 0.15) is 0 Å². The lowest BCUT2D eigenvalue weighted by atomic mass is 10.6. The van der Waals surface area contributed by atoms with Crippen LogP contribution in [0.1, 0.15) is 0 Å². The Labute approximate surface area is 69.8 Å². The Morgan fingerprint density at radius 3 is 2.08 bits per heavy atom. The summed E-state index contributed by atoms with van der Waals surface area (Å²) in [6.07, 6.45) is -1.88. The van der Waals surface area contributed by atoms with Crippen molar-refractivity contribution in [1.82, 2.24) is 5.32 Å². The van der Waals surface area contributed by atoms with Crippen LogP contribution in [-0.4, -0.2) is 39.6 Å². The minimum Gasteiger partial charge on any atom is -0.466 e. The molecule has 0 rings (SSSR count). The predicted octanol–water partition coefficient (Wildman–Crippen LogP) is -0.512. The Kier molecular flexibility index (Phi) is 4.78. The van der Waals surface area contributed by atoms with Crippen molar-refractivity contribution in [1.29, 1.82) is 0 Å². The van der Waals surface area contributed by atoms with Gasteiger partial charge in [-0.1, -0.05) is 0 Å². The first-order chi connectivity index (χ1) is 5.65. The van der Waals surface area contributed by atoms with Crippen LogP contribution < -0.4 is 5.32 Å². The van der Waals surface area contributed by atoms with Crippen LogP contribution in [0.15, 0.2) is 0 Å². The van der Waals surface area contributed by atoms with Gasteiger partial charge in [0.05, 0.1) is 14.2 Å². The van der Waals surface area contributed by atoms with E-state index in [0.717, 1.165) is 0 Å². The molecule has 0 bridgehead atoms. The van der Waals surface area contributed by atoms with Crippen molar-refractivity contribution >= 4 is 12.1 Å². The number of amides is 1. The molecule has 0 aromatic heterocycles. The van der Waals surface area contributed by atoms with Gasteiger partial charge >= 0.3 is 12.1 Å². The van der Waals surface area contributed by atoms with Crippen LogP contribution >= 0.6 is 0 Å². The third kappa shape index (κ3) is 3.20. The summed E-state index contributed by atoms with van der Waals surface area (Å²) in [6, 6.07) is 0. The summed E-state index contributed by atoms with van der Waals surface area (Å²) >= 11 is 0. The molecule has 12 heavy (non-hydrogen) atoms. The molecule has 1 atom stereocenters. The number of ether oxygens (including phenoxy) is 3. The average molecular weight is 177 g/mol. The number of carbonyl (C=O) groups excluding carboxylic acids is 2. The van der Waals surface area contributed by atoms with E-state index >= 15 is 0 Å². The molecule has 0 fully saturated rings. The molecule has 0 aliphatic heterocycles. The van der Waals surface area contributed by atoms with Gasteiger partial charge in [-0.25, -0.2) is 9.59 Å². The van der Waals surface area contributed by atoms with Crippen molar-refractivity contribution in [3.05, 3.63) is 0 Å². The van der Waals surface area contributed by atoms with Gasteiger partial charge in [-0.3, -0.25) is 5.32 Å². The SMILES string of the molecule is COC(=O)NC(OC)C(=O)OC. The molecule has 0 spiro atoms. The number of hydrogen-bond acceptors (Lipinski definition) is 5. The number of esters is 1. The van der Waals surface area contributed by atoms with Crippen molar-refractivity contribution < 1.29 is 23.8 Å². The summed E-state index contributed by atoms with van der Waals surface area (Å²) in [6.45, 7) is 0. The third-order valence-electron chi connectivity index (χ3n) is 1.09. The number of nitrogens with one attached hydrogen (secondary N) is 1. The van der Waals surface area contributed by atoms with E-state index in [0.29, 0.717) is 0 Å². The van der Waals surface area contributed by atoms with E-state index in [1.807, 2.05) is 0 Å². The van der Waals surface area contributed by atoms with E-state index in [-0.39, 0.29) is 0 Å². The van der Waals surface area contributed by atoms with Gasteiger partial charge in [0.15, 0.2) is 0 Å². The van der Waals surface area contributed by atoms with Crippen LogP contribution in [0.2, 0.25) is 0 Å². The number of alkyl carbamates (subject to hydrolysis) is 1. The van der Waals surface area contributed by atoms with Gasteiger partial charge in [0, 0.05) is 7.11 Å². The summed E-state index contributed by atoms with van der Waals surface area (Å²) in [4.78, 5) is 21.4. The van der Waals surface area contributed by atoms with Gasteiger partial charge in [-0.05, 0) is 0 Å². The Morgan fingerprint density at radius 1 is 1.17 bits per heavy atom. The first-order valence-corrected chi connectivity index (χ1v) is 3.10. The molecular weight excluding hydrogens is 166 g/mol. The highest BCUT2D eigenvalue weighted by atomic mass is 16.6. The lowest BCUT2D eigenvalue weighted by Gasteiger charge is -2.12. The normalized spacial score (nSPS) is 11.6. The summed E-state index contributed by atoms with van der Waals surface area (Å²) in [5.74, 6) is -0.692. The Hall–Kier alpha value is -1.30. The largest absolute Gasteiger partial charge is 0.466 e. The molecule has 0 aromatic carbocycles. The molecule has 0 aromatic rings. The topological polar surface area (TPSA) is 73.9 Å². The number of carbonyl (C=O) groups is 2. The van der Waals surface area contributed by atoms with Crippen LogP contribution in [0.4, 0.5) is 4.79 Å². The van der Waals surface area contributed by atoms with Gasteiger partial charge in [-0.2, -0.15) is 0 Å². The van der Waals surface area contributed by atoms with Crippen molar-refractivity contribution in [2.45, 2.75) is 6.23 Å². The zero-order chi connectivity index (χ0) is 9.56. The molecule has 1 N–H and O–H groups in total. The van der Waals surface area contributed by atoms with Crippen molar-refractivity contribution in [2.75, 3.05) is 21.3 Å². The van der Waals surface area contributed by atoms with E-state index in [4.69, 9.17) is 0 Å². The maximum Gasteiger partial charge on any atom is 0.409 e. The fourth-order valence-electron chi connectivity index (χ4n) is 0.487. The molecular formula is C6H11NO5. The monoisotopic (exact) mass is 177 g/mol. The second-order valence-electron chi connectivity index (χ2n) is 1.77. The average Bonchev–Trinajstić information content (AvgIpc) is 2.12. The van der Waals surface area contributed by atoms with E-state index in [1.165, 1.54) is 21.3 Å². The number of rotatable bonds is 3. The lowest BCUT2D eigenvalue weighted by molar-refractivity contribution is -0.153. The van der Waals surface area contributed by atoms with Gasteiger partial charge in [-0.15, -0.1) is 0 Å². The fraction of sp³-hybridized carbons (Fsp3) is 0.667. The van der Waals surface area contributed by atoms with E-state index in [9.17, 15) is 9.59 Å². The molecule has 6 nitrogen and oxygen atoms in total. The highest BCUT2D eigenvalue weighted by molar-refractivity contribution is 5.79. The number of methoxy groups -OCH3 is 3. The molecule has 0 aliphatic carbocycles. The van der Waals surface area contributed by atoms with Crippen LogP contribution in [0.5, 0.6) is 0 Å². The van der Waals surface area contributed by atoms with E-state index in [1.54, 1.807) is 0 Å². The zero-order valence-electron chi connectivity index (χ0n) is 7.12. The zero-order valence-corrected chi connectivity index (χ0v) is 7.12.